The van der Waals surface area contributed by atoms with Crippen molar-refractivity contribution >= 4 is 0 Å². The largest absolute Gasteiger partial charge is 0.380 e. The van der Waals surface area contributed by atoms with Crippen LogP contribution in [0.15, 0.2) is 4.52 Å². The number of ether oxygens (including phenoxy) is 1. The lowest BCUT2D eigenvalue weighted by Gasteiger charge is -2.23. The van der Waals surface area contributed by atoms with E-state index in [0.717, 1.165) is 51.1 Å². The number of aromatic nitrogens is 2. The minimum Gasteiger partial charge on any atom is -0.380 e. The van der Waals surface area contributed by atoms with Crippen molar-refractivity contribution in [3.05, 3.63) is 11.7 Å². The van der Waals surface area contributed by atoms with E-state index in [2.05, 4.69) is 27.0 Å². The van der Waals surface area contributed by atoms with Crippen molar-refractivity contribution in [2.45, 2.75) is 38.8 Å². The first kappa shape index (κ1) is 14.9. The summed E-state index contributed by atoms with van der Waals surface area (Å²) in [5.74, 6) is 2.28. The molecule has 0 spiro atoms. The van der Waals surface area contributed by atoms with Crippen molar-refractivity contribution in [2.75, 3.05) is 39.9 Å². The van der Waals surface area contributed by atoms with Gasteiger partial charge in [0.05, 0.1) is 13.2 Å². The summed E-state index contributed by atoms with van der Waals surface area (Å²) in [5, 5.41) is 3.97. The Labute approximate surface area is 126 Å². The van der Waals surface area contributed by atoms with Gasteiger partial charge >= 0.3 is 0 Å². The molecule has 0 amide bonds. The average molecular weight is 294 g/mol. The van der Waals surface area contributed by atoms with Gasteiger partial charge in [-0.05, 0) is 38.8 Å². The minimum atomic E-state index is 0.576. The first-order valence-corrected chi connectivity index (χ1v) is 8.00. The molecule has 118 valence electrons. The van der Waals surface area contributed by atoms with Gasteiger partial charge in [-0.15, -0.1) is 0 Å². The number of likely N-dealkylation sites (tertiary alicyclic amines) is 1. The molecule has 1 saturated carbocycles. The number of aryl methyl sites for hydroxylation is 1. The molecule has 0 aromatic carbocycles. The molecule has 0 bridgehead atoms. The molecule has 0 radical (unpaired) electrons. The quantitative estimate of drug-likeness (QED) is 0.674. The van der Waals surface area contributed by atoms with E-state index in [4.69, 9.17) is 9.26 Å². The number of rotatable bonds is 8. The third-order valence-electron chi connectivity index (χ3n) is 4.43. The molecule has 3 rings (SSSR count). The van der Waals surface area contributed by atoms with Crippen LogP contribution in [0.2, 0.25) is 0 Å². The highest BCUT2D eigenvalue weighted by Crippen LogP contribution is 2.28. The van der Waals surface area contributed by atoms with Crippen LogP contribution in [0.1, 0.15) is 31.0 Å². The summed E-state index contributed by atoms with van der Waals surface area (Å²) in [5.41, 5.74) is 0. The summed E-state index contributed by atoms with van der Waals surface area (Å²) in [6.45, 7) is 7.75. The molecule has 21 heavy (non-hydrogen) atoms. The second kappa shape index (κ2) is 6.85. The lowest BCUT2D eigenvalue weighted by molar-refractivity contribution is 0.100. The fraction of sp³-hybridized carbons (Fsp3) is 0.867. The molecule has 1 aliphatic carbocycles. The predicted molar refractivity (Wildman–Crippen MR) is 78.9 cm³/mol. The minimum absolute atomic E-state index is 0.576. The van der Waals surface area contributed by atoms with Crippen LogP contribution in [0.5, 0.6) is 0 Å². The van der Waals surface area contributed by atoms with Crippen molar-refractivity contribution in [1.29, 1.82) is 0 Å². The van der Waals surface area contributed by atoms with Crippen LogP contribution in [-0.4, -0.2) is 65.9 Å². The van der Waals surface area contributed by atoms with Crippen molar-refractivity contribution < 1.29 is 9.26 Å². The van der Waals surface area contributed by atoms with Crippen LogP contribution in [0.3, 0.4) is 0 Å². The van der Waals surface area contributed by atoms with Crippen molar-refractivity contribution in [3.8, 4) is 0 Å². The van der Waals surface area contributed by atoms with E-state index in [1.807, 2.05) is 6.92 Å². The first-order valence-electron chi connectivity index (χ1n) is 8.00. The second-order valence-electron chi connectivity index (χ2n) is 6.41. The van der Waals surface area contributed by atoms with Gasteiger partial charge in [-0.2, -0.15) is 4.98 Å². The summed E-state index contributed by atoms with van der Waals surface area (Å²) in [6, 6.07) is 0.576. The Morgan fingerprint density at radius 1 is 1.38 bits per heavy atom. The van der Waals surface area contributed by atoms with E-state index in [-0.39, 0.29) is 0 Å². The highest BCUT2D eigenvalue weighted by Gasteiger charge is 2.26. The summed E-state index contributed by atoms with van der Waals surface area (Å²) in [6.07, 6.45) is 3.94. The Kier molecular flexibility index (Phi) is 4.87. The van der Waals surface area contributed by atoms with Gasteiger partial charge in [0, 0.05) is 32.7 Å². The molecule has 1 aromatic rings. The number of likely N-dealkylation sites (N-methyl/N-ethyl adjacent to an activating group) is 1. The number of hydrogen-bond donors (Lipinski definition) is 0. The fourth-order valence-corrected chi connectivity index (χ4v) is 2.86. The van der Waals surface area contributed by atoms with Crippen molar-refractivity contribution in [1.82, 2.24) is 19.9 Å². The van der Waals surface area contributed by atoms with Crippen molar-refractivity contribution in [3.63, 3.8) is 0 Å². The first-order chi connectivity index (χ1) is 10.2. The maximum Gasteiger partial charge on any atom is 0.223 e. The van der Waals surface area contributed by atoms with Gasteiger partial charge in [-0.25, -0.2) is 0 Å². The Bertz CT molecular complexity index is 447. The maximum atomic E-state index is 5.73. The zero-order valence-electron chi connectivity index (χ0n) is 13.1. The van der Waals surface area contributed by atoms with Gasteiger partial charge in [0.15, 0.2) is 5.82 Å². The molecule has 6 heteroatoms. The van der Waals surface area contributed by atoms with Gasteiger partial charge in [-0.3, -0.25) is 9.80 Å². The maximum absolute atomic E-state index is 5.73. The fourth-order valence-electron chi connectivity index (χ4n) is 2.86. The molecule has 2 heterocycles. The molecule has 1 unspecified atom stereocenters. The Morgan fingerprint density at radius 2 is 2.24 bits per heavy atom. The van der Waals surface area contributed by atoms with Crippen molar-refractivity contribution in [2.24, 2.45) is 5.92 Å². The van der Waals surface area contributed by atoms with E-state index in [1.54, 1.807) is 0 Å². The molecule has 6 nitrogen and oxygen atoms in total. The normalized spacial score (nSPS) is 23.3. The second-order valence-corrected chi connectivity index (χ2v) is 6.41. The molecular formula is C15H26N4O2. The smallest absolute Gasteiger partial charge is 0.223 e. The SMILES string of the molecule is Cc1nc(CN(C)C2CCN(CCOCC3CC3)C2)no1. The summed E-state index contributed by atoms with van der Waals surface area (Å²) in [7, 11) is 2.14. The average Bonchev–Trinajstić information content (AvgIpc) is 3.00. The molecule has 2 aliphatic rings. The Hall–Kier alpha value is -0.980. The van der Waals surface area contributed by atoms with Crippen LogP contribution in [0.4, 0.5) is 0 Å². The lowest BCUT2D eigenvalue weighted by Crippen LogP contribution is -2.35. The van der Waals surface area contributed by atoms with Crippen LogP contribution in [0, 0.1) is 12.8 Å². The third kappa shape index (κ3) is 4.49. The van der Waals surface area contributed by atoms with Crippen LogP contribution >= 0.6 is 0 Å². The van der Waals surface area contributed by atoms with Gasteiger partial charge in [0.25, 0.3) is 0 Å². The van der Waals surface area contributed by atoms with E-state index in [0.29, 0.717) is 11.9 Å². The summed E-state index contributed by atoms with van der Waals surface area (Å²) in [4.78, 5) is 9.10. The van der Waals surface area contributed by atoms with Gasteiger partial charge in [0.2, 0.25) is 5.89 Å². The standard InChI is InChI=1S/C15H26N4O2/c1-12-16-15(17-21-12)10-18(2)14-5-6-19(9-14)7-8-20-11-13-3-4-13/h13-14H,3-11H2,1-2H3. The third-order valence-corrected chi connectivity index (χ3v) is 4.43. The summed E-state index contributed by atoms with van der Waals surface area (Å²) >= 11 is 0. The molecular weight excluding hydrogens is 268 g/mol. The van der Waals surface area contributed by atoms with E-state index < -0.39 is 0 Å². The lowest BCUT2D eigenvalue weighted by atomic mass is 10.2. The zero-order chi connectivity index (χ0) is 14.7. The predicted octanol–water partition coefficient (Wildman–Crippen LogP) is 1.31. The van der Waals surface area contributed by atoms with E-state index in [9.17, 15) is 0 Å². The highest BCUT2D eigenvalue weighted by molar-refractivity contribution is 4.88. The van der Waals surface area contributed by atoms with E-state index in [1.165, 1.54) is 19.3 Å². The highest BCUT2D eigenvalue weighted by atomic mass is 16.5. The Balaban J connectivity index is 1.34. The number of hydrogen-bond acceptors (Lipinski definition) is 6. The van der Waals surface area contributed by atoms with Gasteiger partial charge in [-0.1, -0.05) is 5.16 Å². The van der Waals surface area contributed by atoms with E-state index >= 15 is 0 Å². The van der Waals surface area contributed by atoms with Crippen LogP contribution in [0.25, 0.3) is 0 Å². The zero-order valence-corrected chi connectivity index (χ0v) is 13.1. The van der Waals surface area contributed by atoms with Crippen LogP contribution < -0.4 is 0 Å². The molecule has 2 fully saturated rings. The molecule has 1 aliphatic heterocycles. The monoisotopic (exact) mass is 294 g/mol. The molecule has 1 saturated heterocycles. The van der Waals surface area contributed by atoms with Gasteiger partial charge < -0.3 is 9.26 Å². The topological polar surface area (TPSA) is 54.6 Å². The molecule has 1 aromatic heterocycles. The number of nitrogens with zero attached hydrogens (tertiary/aromatic N) is 4. The van der Waals surface area contributed by atoms with Gasteiger partial charge in [0.1, 0.15) is 0 Å². The molecule has 1 atom stereocenters. The molecule has 0 N–H and O–H groups in total. The summed E-state index contributed by atoms with van der Waals surface area (Å²) < 4.78 is 10.8. The van der Waals surface area contributed by atoms with Crippen LogP contribution in [-0.2, 0) is 11.3 Å². The Morgan fingerprint density at radius 3 is 2.95 bits per heavy atom.